The SMILES string of the molecule is CC(C)(C)COC(=O)NC(CCCCNC(=O)C(=O)c1ccc([N+](=O)[O-])cc1)C(=O)O. The summed E-state index contributed by atoms with van der Waals surface area (Å²) in [5.41, 5.74) is -0.423. The summed E-state index contributed by atoms with van der Waals surface area (Å²) < 4.78 is 4.99. The van der Waals surface area contributed by atoms with Crippen molar-refractivity contribution in [1.82, 2.24) is 10.6 Å². The van der Waals surface area contributed by atoms with Gasteiger partial charge in [-0.25, -0.2) is 9.59 Å². The summed E-state index contributed by atoms with van der Waals surface area (Å²) in [6.45, 7) is 5.87. The molecule has 1 rings (SSSR count). The third-order valence-electron chi connectivity index (χ3n) is 3.98. The van der Waals surface area contributed by atoms with Crippen molar-refractivity contribution >= 4 is 29.4 Å². The van der Waals surface area contributed by atoms with Crippen LogP contribution in [0.15, 0.2) is 24.3 Å². The number of Topliss-reactive ketones (excluding diaryl/α,β-unsaturated/α-hetero) is 1. The van der Waals surface area contributed by atoms with E-state index in [1.807, 2.05) is 20.8 Å². The maximum Gasteiger partial charge on any atom is 0.407 e. The average molecular weight is 437 g/mol. The molecule has 11 nitrogen and oxygen atoms in total. The van der Waals surface area contributed by atoms with Gasteiger partial charge in [-0.05, 0) is 36.8 Å². The summed E-state index contributed by atoms with van der Waals surface area (Å²) >= 11 is 0. The van der Waals surface area contributed by atoms with Crippen molar-refractivity contribution in [2.45, 2.75) is 46.1 Å². The molecule has 0 aliphatic carbocycles. The Kier molecular flexibility index (Phi) is 9.58. The number of nitro benzene ring substituents is 1. The Balaban J connectivity index is 2.38. The number of rotatable bonds is 11. The van der Waals surface area contributed by atoms with Gasteiger partial charge in [0.25, 0.3) is 11.6 Å². The Morgan fingerprint density at radius 2 is 1.74 bits per heavy atom. The molecule has 1 atom stereocenters. The first-order valence-corrected chi connectivity index (χ1v) is 9.64. The first-order valence-electron chi connectivity index (χ1n) is 9.64. The second-order valence-corrected chi connectivity index (χ2v) is 8.06. The van der Waals surface area contributed by atoms with Gasteiger partial charge in [-0.3, -0.25) is 19.7 Å². The van der Waals surface area contributed by atoms with Gasteiger partial charge in [0, 0.05) is 24.2 Å². The molecule has 2 amide bonds. The van der Waals surface area contributed by atoms with Gasteiger partial charge in [0.15, 0.2) is 0 Å². The van der Waals surface area contributed by atoms with E-state index in [-0.39, 0.29) is 36.2 Å². The maximum absolute atomic E-state index is 12.0. The zero-order chi connectivity index (χ0) is 23.6. The number of nitrogens with zero attached hydrogens (tertiary/aromatic N) is 1. The van der Waals surface area contributed by atoms with E-state index in [0.717, 1.165) is 12.1 Å². The van der Waals surface area contributed by atoms with Gasteiger partial charge in [0.2, 0.25) is 5.78 Å². The predicted octanol–water partition coefficient (Wildman–Crippen LogP) is 2.29. The highest BCUT2D eigenvalue weighted by Crippen LogP contribution is 2.13. The van der Waals surface area contributed by atoms with Gasteiger partial charge < -0.3 is 20.5 Å². The van der Waals surface area contributed by atoms with Crippen LogP contribution in [0.25, 0.3) is 0 Å². The van der Waals surface area contributed by atoms with Crippen LogP contribution in [0.3, 0.4) is 0 Å². The average Bonchev–Trinajstić information content (AvgIpc) is 2.69. The van der Waals surface area contributed by atoms with E-state index in [1.165, 1.54) is 12.1 Å². The fourth-order valence-corrected chi connectivity index (χ4v) is 2.34. The van der Waals surface area contributed by atoms with Crippen LogP contribution in [-0.4, -0.2) is 53.0 Å². The molecule has 0 spiro atoms. The number of unbranched alkanes of at least 4 members (excludes halogenated alkanes) is 1. The van der Waals surface area contributed by atoms with E-state index in [1.54, 1.807) is 0 Å². The molecular weight excluding hydrogens is 410 g/mol. The van der Waals surface area contributed by atoms with Crippen LogP contribution in [0, 0.1) is 15.5 Å². The molecule has 1 aromatic carbocycles. The number of carboxylic acids is 1. The van der Waals surface area contributed by atoms with Crippen LogP contribution in [0.2, 0.25) is 0 Å². The second-order valence-electron chi connectivity index (χ2n) is 8.06. The Hall–Kier alpha value is -3.50. The van der Waals surface area contributed by atoms with Crippen molar-refractivity contribution in [2.75, 3.05) is 13.2 Å². The Morgan fingerprint density at radius 3 is 2.26 bits per heavy atom. The van der Waals surface area contributed by atoms with Crippen molar-refractivity contribution in [3.8, 4) is 0 Å². The lowest BCUT2D eigenvalue weighted by atomic mass is 9.99. The number of carboxylic acid groups (broad SMARTS) is 1. The standard InChI is InChI=1S/C20H27N3O8/c1-20(2,3)12-31-19(28)22-15(18(26)27)6-4-5-11-21-17(25)16(24)13-7-9-14(10-8-13)23(29)30/h7-10,15H,4-6,11-12H2,1-3H3,(H,21,25)(H,22,28)(H,26,27). The quantitative estimate of drug-likeness (QED) is 0.156. The highest BCUT2D eigenvalue weighted by Gasteiger charge is 2.22. The summed E-state index contributed by atoms with van der Waals surface area (Å²) in [4.78, 5) is 56.9. The molecule has 0 saturated heterocycles. The molecule has 0 bridgehead atoms. The summed E-state index contributed by atoms with van der Waals surface area (Å²) in [7, 11) is 0. The molecule has 3 N–H and O–H groups in total. The normalized spacial score (nSPS) is 11.8. The van der Waals surface area contributed by atoms with Gasteiger partial charge in [-0.15, -0.1) is 0 Å². The smallest absolute Gasteiger partial charge is 0.407 e. The van der Waals surface area contributed by atoms with Gasteiger partial charge in [-0.1, -0.05) is 20.8 Å². The Labute approximate surface area is 179 Å². The molecule has 31 heavy (non-hydrogen) atoms. The van der Waals surface area contributed by atoms with Crippen LogP contribution >= 0.6 is 0 Å². The van der Waals surface area contributed by atoms with Crippen LogP contribution in [0.4, 0.5) is 10.5 Å². The van der Waals surface area contributed by atoms with Crippen molar-refractivity contribution in [2.24, 2.45) is 5.41 Å². The summed E-state index contributed by atoms with van der Waals surface area (Å²) in [6.07, 6.45) is 0.0421. The predicted molar refractivity (Wildman–Crippen MR) is 110 cm³/mol. The van der Waals surface area contributed by atoms with E-state index >= 15 is 0 Å². The molecule has 1 unspecified atom stereocenters. The third kappa shape index (κ3) is 9.70. The number of alkyl carbamates (subject to hydrolysis) is 1. The zero-order valence-electron chi connectivity index (χ0n) is 17.7. The van der Waals surface area contributed by atoms with E-state index < -0.39 is 34.7 Å². The van der Waals surface area contributed by atoms with Crippen molar-refractivity contribution in [3.05, 3.63) is 39.9 Å². The minimum absolute atomic E-state index is 0.0204. The van der Waals surface area contributed by atoms with Crippen LogP contribution in [0.1, 0.15) is 50.4 Å². The van der Waals surface area contributed by atoms with Crippen LogP contribution in [0.5, 0.6) is 0 Å². The number of carbonyl (C=O) groups excluding carboxylic acids is 3. The molecule has 0 heterocycles. The molecule has 0 aliphatic rings. The van der Waals surface area contributed by atoms with Gasteiger partial charge in [-0.2, -0.15) is 0 Å². The number of non-ortho nitro benzene ring substituents is 1. The number of nitrogens with one attached hydrogen (secondary N) is 2. The monoisotopic (exact) mass is 437 g/mol. The molecule has 1 aromatic rings. The number of ether oxygens (including phenoxy) is 1. The third-order valence-corrected chi connectivity index (χ3v) is 3.98. The van der Waals surface area contributed by atoms with Crippen molar-refractivity contribution in [3.63, 3.8) is 0 Å². The number of nitro groups is 1. The Bertz CT molecular complexity index is 815. The topological polar surface area (TPSA) is 165 Å². The largest absolute Gasteiger partial charge is 0.480 e. The fraction of sp³-hybridized carbons (Fsp3) is 0.500. The van der Waals surface area contributed by atoms with Crippen molar-refractivity contribution in [1.29, 1.82) is 0 Å². The first kappa shape index (κ1) is 25.5. The molecule has 170 valence electrons. The van der Waals surface area contributed by atoms with E-state index in [2.05, 4.69) is 10.6 Å². The number of ketones is 1. The number of aliphatic carboxylic acids is 1. The summed E-state index contributed by atoms with van der Waals surface area (Å²) in [5.74, 6) is -2.90. The van der Waals surface area contributed by atoms with Gasteiger partial charge >= 0.3 is 12.1 Å². The summed E-state index contributed by atoms with van der Waals surface area (Å²) in [6, 6.07) is 3.52. The Morgan fingerprint density at radius 1 is 1.13 bits per heavy atom. The molecule has 0 saturated carbocycles. The lowest BCUT2D eigenvalue weighted by molar-refractivity contribution is -0.384. The van der Waals surface area contributed by atoms with Crippen molar-refractivity contribution < 1.29 is 33.9 Å². The minimum atomic E-state index is -1.20. The maximum atomic E-state index is 12.0. The van der Waals surface area contributed by atoms with Crippen LogP contribution < -0.4 is 10.6 Å². The molecule has 0 radical (unpaired) electrons. The molecular formula is C20H27N3O8. The minimum Gasteiger partial charge on any atom is -0.480 e. The summed E-state index contributed by atoms with van der Waals surface area (Å²) in [5, 5.41) is 24.5. The van der Waals surface area contributed by atoms with E-state index in [4.69, 9.17) is 4.74 Å². The number of benzene rings is 1. The molecule has 0 aromatic heterocycles. The highest BCUT2D eigenvalue weighted by molar-refractivity contribution is 6.42. The lowest BCUT2D eigenvalue weighted by Gasteiger charge is -2.20. The molecule has 0 aliphatic heterocycles. The van der Waals surface area contributed by atoms with Gasteiger partial charge in [0.1, 0.15) is 6.04 Å². The van der Waals surface area contributed by atoms with Gasteiger partial charge in [0.05, 0.1) is 11.5 Å². The number of hydrogen-bond acceptors (Lipinski definition) is 7. The number of amides is 2. The lowest BCUT2D eigenvalue weighted by Crippen LogP contribution is -2.42. The fourth-order valence-electron chi connectivity index (χ4n) is 2.34. The second kappa shape index (κ2) is 11.6. The number of carbonyl (C=O) groups is 4. The highest BCUT2D eigenvalue weighted by atomic mass is 16.6. The zero-order valence-corrected chi connectivity index (χ0v) is 17.7. The first-order chi connectivity index (χ1) is 14.4. The van der Waals surface area contributed by atoms with E-state index in [9.17, 15) is 34.4 Å². The van der Waals surface area contributed by atoms with Crippen LogP contribution in [-0.2, 0) is 14.3 Å². The van der Waals surface area contributed by atoms with E-state index in [0.29, 0.717) is 12.8 Å². The molecule has 0 fully saturated rings. The number of hydrogen-bond donors (Lipinski definition) is 3. The molecule has 11 heteroatoms.